The summed E-state index contributed by atoms with van der Waals surface area (Å²) < 4.78 is 13.4. The highest BCUT2D eigenvalue weighted by Gasteiger charge is 2.21. The second-order valence-electron chi connectivity index (χ2n) is 3.46. The molecular weight excluding hydrogens is 229 g/mol. The Kier molecular flexibility index (Phi) is 4.45. The molecule has 0 saturated carbocycles. The maximum absolute atomic E-state index is 13.4. The number of rotatable bonds is 4. The average Bonchev–Trinajstić information content (AvgIpc) is 2.28. The average molecular weight is 240 g/mol. The Morgan fingerprint density at radius 1 is 1.62 bits per heavy atom. The quantitative estimate of drug-likeness (QED) is 0.754. The monoisotopic (exact) mass is 239 g/mol. The number of nitriles is 1. The van der Waals surface area contributed by atoms with E-state index in [1.54, 1.807) is 6.92 Å². The molecule has 0 amide bonds. The van der Waals surface area contributed by atoms with Crippen molar-refractivity contribution in [3.8, 4) is 6.07 Å². The minimum absolute atomic E-state index is 0.0328. The lowest BCUT2D eigenvalue weighted by Crippen LogP contribution is -2.15. The van der Waals surface area contributed by atoms with Gasteiger partial charge in [-0.15, -0.1) is 0 Å². The van der Waals surface area contributed by atoms with Crippen LogP contribution in [0, 0.1) is 23.1 Å². The normalized spacial score (nSPS) is 11.9. The van der Waals surface area contributed by atoms with Crippen LogP contribution < -0.4 is 0 Å². The summed E-state index contributed by atoms with van der Waals surface area (Å²) in [5, 5.41) is 8.88. The van der Waals surface area contributed by atoms with Gasteiger partial charge in [-0.2, -0.15) is 5.26 Å². The third kappa shape index (κ3) is 2.80. The maximum atomic E-state index is 13.4. The molecule has 16 heavy (non-hydrogen) atoms. The summed E-state index contributed by atoms with van der Waals surface area (Å²) in [6.07, 6.45) is 0.611. The first kappa shape index (κ1) is 12.7. The molecule has 0 aliphatic heterocycles. The van der Waals surface area contributed by atoms with Crippen LogP contribution in [0.2, 0.25) is 5.02 Å². The largest absolute Gasteiger partial charge is 0.294 e. The molecule has 0 radical (unpaired) electrons. The number of hydrogen-bond acceptors (Lipinski definition) is 2. The molecule has 1 aromatic rings. The molecule has 0 aromatic heterocycles. The van der Waals surface area contributed by atoms with Crippen LogP contribution in [-0.2, 0) is 0 Å². The molecule has 0 saturated heterocycles. The first-order valence-electron chi connectivity index (χ1n) is 4.96. The van der Waals surface area contributed by atoms with Gasteiger partial charge >= 0.3 is 0 Å². The van der Waals surface area contributed by atoms with Gasteiger partial charge in [0.2, 0.25) is 0 Å². The van der Waals surface area contributed by atoms with Gasteiger partial charge < -0.3 is 0 Å². The molecule has 0 fully saturated rings. The Labute approximate surface area is 98.6 Å². The van der Waals surface area contributed by atoms with Gasteiger partial charge in [0.05, 0.1) is 11.6 Å². The van der Waals surface area contributed by atoms with Crippen LogP contribution in [0.4, 0.5) is 4.39 Å². The summed E-state index contributed by atoms with van der Waals surface area (Å²) >= 11 is 5.70. The van der Waals surface area contributed by atoms with Crippen molar-refractivity contribution in [1.82, 2.24) is 0 Å². The minimum Gasteiger partial charge on any atom is -0.294 e. The standard InChI is InChI=1S/C12H11ClFNO/c1-2-8(5-6-15)12(16)10-7-9(13)3-4-11(10)14/h3-4,7-8H,2,5H2,1H3. The van der Waals surface area contributed by atoms with Crippen LogP contribution in [0.5, 0.6) is 0 Å². The number of hydrogen-bond donors (Lipinski definition) is 0. The van der Waals surface area contributed by atoms with E-state index in [0.717, 1.165) is 6.07 Å². The number of halogens is 2. The van der Waals surface area contributed by atoms with Crippen molar-refractivity contribution in [1.29, 1.82) is 5.26 Å². The summed E-state index contributed by atoms with van der Waals surface area (Å²) in [5.74, 6) is -1.41. The van der Waals surface area contributed by atoms with E-state index in [9.17, 15) is 9.18 Å². The van der Waals surface area contributed by atoms with E-state index in [4.69, 9.17) is 16.9 Å². The van der Waals surface area contributed by atoms with Crippen LogP contribution in [0.3, 0.4) is 0 Å². The molecular formula is C12H11ClFNO. The third-order valence-corrected chi connectivity index (χ3v) is 2.63. The molecule has 0 aliphatic carbocycles. The lowest BCUT2D eigenvalue weighted by molar-refractivity contribution is 0.0914. The molecule has 1 unspecified atom stereocenters. The van der Waals surface area contributed by atoms with Crippen molar-refractivity contribution >= 4 is 17.4 Å². The van der Waals surface area contributed by atoms with Gasteiger partial charge in [-0.05, 0) is 24.6 Å². The number of carbonyl (C=O) groups excluding carboxylic acids is 1. The van der Waals surface area contributed by atoms with Crippen molar-refractivity contribution < 1.29 is 9.18 Å². The molecule has 0 aliphatic rings. The first-order valence-corrected chi connectivity index (χ1v) is 5.34. The first-order chi connectivity index (χ1) is 7.60. The third-order valence-electron chi connectivity index (χ3n) is 2.40. The number of carbonyl (C=O) groups is 1. The summed E-state index contributed by atoms with van der Waals surface area (Å²) in [5.41, 5.74) is -0.0328. The van der Waals surface area contributed by atoms with Crippen LogP contribution in [-0.4, -0.2) is 5.78 Å². The van der Waals surface area contributed by atoms with Gasteiger partial charge in [0.25, 0.3) is 0 Å². The summed E-state index contributed by atoms with van der Waals surface area (Å²) in [7, 11) is 0. The highest BCUT2D eigenvalue weighted by atomic mass is 35.5. The number of ketones is 1. The number of nitrogens with zero attached hydrogens (tertiary/aromatic N) is 1. The Morgan fingerprint density at radius 3 is 2.88 bits per heavy atom. The maximum Gasteiger partial charge on any atom is 0.169 e. The zero-order chi connectivity index (χ0) is 12.1. The van der Waals surface area contributed by atoms with E-state index in [1.807, 2.05) is 6.07 Å². The summed E-state index contributed by atoms with van der Waals surface area (Å²) in [6, 6.07) is 5.78. The highest BCUT2D eigenvalue weighted by molar-refractivity contribution is 6.31. The fourth-order valence-corrected chi connectivity index (χ4v) is 1.61. The van der Waals surface area contributed by atoms with E-state index in [0.29, 0.717) is 11.4 Å². The van der Waals surface area contributed by atoms with Gasteiger partial charge in [-0.3, -0.25) is 4.79 Å². The SMILES string of the molecule is CCC(CC#N)C(=O)c1cc(Cl)ccc1F. The molecule has 0 bridgehead atoms. The topological polar surface area (TPSA) is 40.9 Å². The van der Waals surface area contributed by atoms with Crippen molar-refractivity contribution in [3.63, 3.8) is 0 Å². The fraction of sp³-hybridized carbons (Fsp3) is 0.333. The Morgan fingerprint density at radius 2 is 2.31 bits per heavy atom. The van der Waals surface area contributed by atoms with Crippen LogP contribution in [0.15, 0.2) is 18.2 Å². The predicted octanol–water partition coefficient (Wildman–Crippen LogP) is 3.60. The van der Waals surface area contributed by atoms with E-state index in [2.05, 4.69) is 0 Å². The molecule has 0 heterocycles. The van der Waals surface area contributed by atoms with Crippen LogP contribution in [0.25, 0.3) is 0 Å². The van der Waals surface area contributed by atoms with Crippen molar-refractivity contribution in [3.05, 3.63) is 34.6 Å². The lowest BCUT2D eigenvalue weighted by atomic mass is 9.92. The van der Waals surface area contributed by atoms with Gasteiger partial charge in [0.15, 0.2) is 5.78 Å². The Hall–Kier alpha value is -1.40. The van der Waals surface area contributed by atoms with E-state index in [1.165, 1.54) is 12.1 Å². The molecule has 0 N–H and O–H groups in total. The van der Waals surface area contributed by atoms with Crippen molar-refractivity contribution in [2.75, 3.05) is 0 Å². The summed E-state index contributed by atoms with van der Waals surface area (Å²) in [4.78, 5) is 11.9. The minimum atomic E-state index is -0.592. The Bertz CT molecular complexity index is 439. The molecule has 84 valence electrons. The van der Waals surface area contributed by atoms with Gasteiger partial charge in [0, 0.05) is 17.4 Å². The fourth-order valence-electron chi connectivity index (χ4n) is 1.44. The van der Waals surface area contributed by atoms with E-state index < -0.39 is 11.7 Å². The van der Waals surface area contributed by atoms with Crippen molar-refractivity contribution in [2.45, 2.75) is 19.8 Å². The highest BCUT2D eigenvalue weighted by Crippen LogP contribution is 2.21. The molecule has 2 nitrogen and oxygen atoms in total. The lowest BCUT2D eigenvalue weighted by Gasteiger charge is -2.10. The van der Waals surface area contributed by atoms with E-state index in [-0.39, 0.29) is 17.8 Å². The van der Waals surface area contributed by atoms with Crippen LogP contribution in [0.1, 0.15) is 30.1 Å². The van der Waals surface area contributed by atoms with Gasteiger partial charge in [-0.1, -0.05) is 18.5 Å². The second kappa shape index (κ2) is 5.62. The molecule has 0 spiro atoms. The number of Topliss-reactive ketones (excluding diaryl/α,β-unsaturated/α-hetero) is 1. The van der Waals surface area contributed by atoms with Crippen LogP contribution >= 0.6 is 11.6 Å². The Balaban J connectivity index is 3.03. The number of benzene rings is 1. The molecule has 4 heteroatoms. The van der Waals surface area contributed by atoms with Gasteiger partial charge in [0.1, 0.15) is 5.82 Å². The molecule has 1 rings (SSSR count). The van der Waals surface area contributed by atoms with Crippen molar-refractivity contribution in [2.24, 2.45) is 5.92 Å². The smallest absolute Gasteiger partial charge is 0.169 e. The zero-order valence-corrected chi connectivity index (χ0v) is 9.59. The molecule has 1 atom stereocenters. The van der Waals surface area contributed by atoms with E-state index >= 15 is 0 Å². The molecule has 1 aromatic carbocycles. The predicted molar refractivity (Wildman–Crippen MR) is 59.8 cm³/mol. The summed E-state index contributed by atoms with van der Waals surface area (Å²) in [6.45, 7) is 1.79. The van der Waals surface area contributed by atoms with Gasteiger partial charge in [-0.25, -0.2) is 4.39 Å². The second-order valence-corrected chi connectivity index (χ2v) is 3.89. The zero-order valence-electron chi connectivity index (χ0n) is 8.84.